The van der Waals surface area contributed by atoms with E-state index >= 15 is 0 Å². The van der Waals surface area contributed by atoms with Crippen molar-refractivity contribution >= 4 is 33.3 Å². The predicted octanol–water partition coefficient (Wildman–Crippen LogP) is 5.07. The maximum Gasteiger partial charge on any atom is 0.407 e. The third kappa shape index (κ3) is 5.86. The van der Waals surface area contributed by atoms with E-state index in [0.717, 1.165) is 10.9 Å². The number of alkyl carbamates (subject to hydrolysis) is 1. The van der Waals surface area contributed by atoms with E-state index in [1.165, 1.54) is 29.7 Å². The van der Waals surface area contributed by atoms with Crippen molar-refractivity contribution in [1.82, 2.24) is 15.3 Å². The lowest BCUT2D eigenvalue weighted by atomic mass is 10.2. The fourth-order valence-corrected chi connectivity index (χ4v) is 4.08. The van der Waals surface area contributed by atoms with Gasteiger partial charge in [-0.2, -0.15) is 0 Å². The summed E-state index contributed by atoms with van der Waals surface area (Å²) >= 11 is 1.36. The van der Waals surface area contributed by atoms with E-state index in [1.54, 1.807) is 31.5 Å². The SMILES string of the molecule is COCCNC(=O)OCc1ccc(-c2cc3nccc(Oc4ccc([N+](=O)[O-])cc4F)c3s2)nc1. The van der Waals surface area contributed by atoms with Gasteiger partial charge in [0.1, 0.15) is 12.4 Å². The van der Waals surface area contributed by atoms with Crippen molar-refractivity contribution in [3.05, 3.63) is 76.4 Å². The summed E-state index contributed by atoms with van der Waals surface area (Å²) in [4.78, 5) is 31.4. The van der Waals surface area contributed by atoms with Gasteiger partial charge in [0.2, 0.25) is 0 Å². The summed E-state index contributed by atoms with van der Waals surface area (Å²) in [6.07, 6.45) is 2.60. The number of nitrogens with one attached hydrogen (secondary N) is 1. The van der Waals surface area contributed by atoms with Crippen LogP contribution in [0.2, 0.25) is 0 Å². The number of nitrogens with zero attached hydrogens (tertiary/aromatic N) is 3. The summed E-state index contributed by atoms with van der Waals surface area (Å²) in [6.45, 7) is 0.818. The number of fused-ring (bicyclic) bond motifs is 1. The number of hydrogen-bond acceptors (Lipinski definition) is 9. The number of amides is 1. The molecular formula is C23H19FN4O6S. The molecule has 0 aliphatic carbocycles. The number of rotatable bonds is 9. The second-order valence-electron chi connectivity index (χ2n) is 7.16. The van der Waals surface area contributed by atoms with Crippen LogP contribution in [-0.2, 0) is 16.1 Å². The number of methoxy groups -OCH3 is 1. The average molecular weight is 498 g/mol. The van der Waals surface area contributed by atoms with E-state index in [2.05, 4.69) is 15.3 Å². The minimum atomic E-state index is -0.840. The number of pyridine rings is 2. The molecule has 3 aromatic heterocycles. The van der Waals surface area contributed by atoms with Gasteiger partial charge in [-0.15, -0.1) is 11.3 Å². The largest absolute Gasteiger partial charge is 0.453 e. The highest BCUT2D eigenvalue weighted by Gasteiger charge is 2.16. The Kier molecular flexibility index (Phi) is 7.43. The summed E-state index contributed by atoms with van der Waals surface area (Å²) in [7, 11) is 1.54. The lowest BCUT2D eigenvalue weighted by Gasteiger charge is -2.07. The van der Waals surface area contributed by atoms with Crippen molar-refractivity contribution in [2.75, 3.05) is 20.3 Å². The number of carbonyl (C=O) groups is 1. The number of benzene rings is 1. The van der Waals surface area contributed by atoms with Crippen LogP contribution < -0.4 is 10.1 Å². The van der Waals surface area contributed by atoms with Crippen LogP contribution in [0.1, 0.15) is 5.56 Å². The third-order valence-corrected chi connectivity index (χ3v) is 5.91. The lowest BCUT2D eigenvalue weighted by molar-refractivity contribution is -0.385. The van der Waals surface area contributed by atoms with Crippen LogP contribution in [-0.4, -0.2) is 41.2 Å². The third-order valence-electron chi connectivity index (χ3n) is 4.74. The molecule has 35 heavy (non-hydrogen) atoms. The molecule has 4 aromatic rings. The second-order valence-corrected chi connectivity index (χ2v) is 8.21. The van der Waals surface area contributed by atoms with Gasteiger partial charge in [0.15, 0.2) is 11.6 Å². The summed E-state index contributed by atoms with van der Waals surface area (Å²) < 4.78 is 30.7. The molecule has 0 saturated heterocycles. The zero-order valence-corrected chi connectivity index (χ0v) is 19.2. The maximum absolute atomic E-state index is 14.3. The van der Waals surface area contributed by atoms with Crippen molar-refractivity contribution in [3.8, 4) is 22.1 Å². The number of nitro benzene ring substituents is 1. The van der Waals surface area contributed by atoms with Gasteiger partial charge in [0, 0.05) is 43.7 Å². The van der Waals surface area contributed by atoms with Crippen LogP contribution in [0.25, 0.3) is 20.8 Å². The Morgan fingerprint density at radius 1 is 1.17 bits per heavy atom. The number of nitro groups is 1. The van der Waals surface area contributed by atoms with Crippen LogP contribution in [0.15, 0.2) is 54.9 Å². The first-order valence-electron chi connectivity index (χ1n) is 10.3. The van der Waals surface area contributed by atoms with Gasteiger partial charge in [0.05, 0.1) is 38.4 Å². The molecule has 1 N–H and O–H groups in total. The Labute approximate surface area is 202 Å². The number of ether oxygens (including phenoxy) is 3. The molecule has 12 heteroatoms. The topological polar surface area (TPSA) is 126 Å². The highest BCUT2D eigenvalue weighted by Crippen LogP contribution is 2.39. The molecular weight excluding hydrogens is 479 g/mol. The first-order valence-corrected chi connectivity index (χ1v) is 11.1. The normalized spacial score (nSPS) is 10.8. The Morgan fingerprint density at radius 3 is 2.74 bits per heavy atom. The monoisotopic (exact) mass is 498 g/mol. The fourth-order valence-electron chi connectivity index (χ4n) is 3.04. The molecule has 0 saturated carbocycles. The summed E-state index contributed by atoms with van der Waals surface area (Å²) in [5.74, 6) is -0.608. The van der Waals surface area contributed by atoms with Crippen molar-refractivity contribution in [2.24, 2.45) is 0 Å². The van der Waals surface area contributed by atoms with Crippen LogP contribution in [0.5, 0.6) is 11.5 Å². The second kappa shape index (κ2) is 10.8. The van der Waals surface area contributed by atoms with Crippen molar-refractivity contribution in [2.45, 2.75) is 6.61 Å². The molecule has 0 spiro atoms. The number of carbonyl (C=O) groups excluding carboxylic acids is 1. The number of halogens is 1. The van der Waals surface area contributed by atoms with Gasteiger partial charge >= 0.3 is 6.09 Å². The number of aromatic nitrogens is 2. The molecule has 0 unspecified atom stereocenters. The summed E-state index contributed by atoms with van der Waals surface area (Å²) in [5.41, 5.74) is 1.66. The molecule has 1 amide bonds. The molecule has 0 aliphatic rings. The maximum atomic E-state index is 14.3. The fraction of sp³-hybridized carbons (Fsp3) is 0.174. The van der Waals surface area contributed by atoms with Crippen LogP contribution in [0.4, 0.5) is 14.9 Å². The first kappa shape index (κ1) is 24.0. The molecule has 0 radical (unpaired) electrons. The van der Waals surface area contributed by atoms with Crippen molar-refractivity contribution in [3.63, 3.8) is 0 Å². The Bertz CT molecular complexity index is 1360. The lowest BCUT2D eigenvalue weighted by Crippen LogP contribution is -2.27. The standard InChI is InChI=1S/C23H19FN4O6S/c1-32-9-8-26-23(29)33-13-14-2-4-17(27-12-14)21-11-18-22(35-21)20(6-7-25-18)34-19-5-3-15(28(30)31)10-16(19)24/h2-7,10-12H,8-9,13H2,1H3,(H,26,29). The van der Waals surface area contributed by atoms with Gasteiger partial charge in [0.25, 0.3) is 5.69 Å². The molecule has 4 rings (SSSR count). The highest BCUT2D eigenvalue weighted by atomic mass is 32.1. The smallest absolute Gasteiger partial charge is 0.407 e. The van der Waals surface area contributed by atoms with E-state index in [9.17, 15) is 19.3 Å². The molecule has 180 valence electrons. The van der Waals surface area contributed by atoms with Crippen molar-refractivity contribution in [1.29, 1.82) is 0 Å². The molecule has 10 nitrogen and oxygen atoms in total. The quantitative estimate of drug-likeness (QED) is 0.193. The van der Waals surface area contributed by atoms with Gasteiger partial charge in [-0.3, -0.25) is 20.1 Å². The van der Waals surface area contributed by atoms with Gasteiger partial charge in [-0.1, -0.05) is 6.07 Å². The van der Waals surface area contributed by atoms with E-state index < -0.39 is 16.8 Å². The Morgan fingerprint density at radius 2 is 2.03 bits per heavy atom. The summed E-state index contributed by atoms with van der Waals surface area (Å²) in [6, 6.07) is 10.2. The minimum Gasteiger partial charge on any atom is -0.453 e. The molecule has 0 bridgehead atoms. The van der Waals surface area contributed by atoms with E-state index in [4.69, 9.17) is 14.2 Å². The van der Waals surface area contributed by atoms with Crippen LogP contribution in [0.3, 0.4) is 0 Å². The molecule has 3 heterocycles. The predicted molar refractivity (Wildman–Crippen MR) is 126 cm³/mol. The molecule has 0 atom stereocenters. The average Bonchev–Trinajstić information content (AvgIpc) is 3.30. The van der Waals surface area contributed by atoms with E-state index in [1.807, 2.05) is 6.07 Å². The summed E-state index contributed by atoms with van der Waals surface area (Å²) in [5, 5.41) is 13.4. The van der Waals surface area contributed by atoms with Crippen LogP contribution in [0, 0.1) is 15.9 Å². The zero-order valence-electron chi connectivity index (χ0n) is 18.4. The number of thiophene rings is 1. The van der Waals surface area contributed by atoms with Gasteiger partial charge in [-0.25, -0.2) is 9.18 Å². The van der Waals surface area contributed by atoms with E-state index in [0.29, 0.717) is 40.4 Å². The number of non-ortho nitro benzene ring substituents is 1. The number of hydrogen-bond donors (Lipinski definition) is 1. The Hall–Kier alpha value is -4.16. The molecule has 0 aliphatic heterocycles. The van der Waals surface area contributed by atoms with Gasteiger partial charge in [-0.05, 0) is 18.2 Å². The van der Waals surface area contributed by atoms with Crippen molar-refractivity contribution < 1.29 is 28.3 Å². The molecule has 1 aromatic carbocycles. The minimum absolute atomic E-state index is 0.0683. The first-order chi connectivity index (χ1) is 16.9. The van der Waals surface area contributed by atoms with E-state index in [-0.39, 0.29) is 18.0 Å². The zero-order chi connectivity index (χ0) is 24.8. The molecule has 0 fully saturated rings. The van der Waals surface area contributed by atoms with Crippen LogP contribution >= 0.6 is 11.3 Å². The Balaban J connectivity index is 1.48. The van der Waals surface area contributed by atoms with Gasteiger partial charge < -0.3 is 19.5 Å². The highest BCUT2D eigenvalue weighted by molar-refractivity contribution is 7.22.